The SMILES string of the molecule is CCn1c(CN(c2ccccc2)S(C)(=O)=O)nnc1SCC(=O)c1ccccc1. The van der Waals surface area contributed by atoms with Gasteiger partial charge in [0.1, 0.15) is 0 Å². The van der Waals surface area contributed by atoms with E-state index >= 15 is 0 Å². The predicted molar refractivity (Wildman–Crippen MR) is 115 cm³/mol. The van der Waals surface area contributed by atoms with E-state index in [-0.39, 0.29) is 18.1 Å². The fraction of sp³-hybridized carbons (Fsp3) is 0.250. The molecule has 3 rings (SSSR count). The molecule has 0 fully saturated rings. The zero-order chi connectivity index (χ0) is 20.9. The number of carbonyl (C=O) groups is 1. The maximum atomic E-state index is 12.4. The van der Waals surface area contributed by atoms with Crippen molar-refractivity contribution in [1.29, 1.82) is 0 Å². The second-order valence-electron chi connectivity index (χ2n) is 6.33. The van der Waals surface area contributed by atoms with E-state index in [4.69, 9.17) is 0 Å². The van der Waals surface area contributed by atoms with Crippen LogP contribution >= 0.6 is 11.8 Å². The number of anilines is 1. The van der Waals surface area contributed by atoms with E-state index in [0.29, 0.717) is 28.8 Å². The zero-order valence-corrected chi connectivity index (χ0v) is 17.9. The van der Waals surface area contributed by atoms with E-state index in [1.807, 2.05) is 35.8 Å². The van der Waals surface area contributed by atoms with Crippen LogP contribution in [-0.2, 0) is 23.1 Å². The van der Waals surface area contributed by atoms with Crippen LogP contribution in [0.1, 0.15) is 23.1 Å². The standard InChI is InChI=1S/C20H22N4O3S2/c1-3-23-19(14-24(29(2,26)27)17-12-8-5-9-13-17)21-22-20(23)28-15-18(25)16-10-6-4-7-11-16/h4-13H,3,14-15H2,1-2H3. The molecule has 0 saturated heterocycles. The van der Waals surface area contributed by atoms with Crippen molar-refractivity contribution in [2.45, 2.75) is 25.2 Å². The monoisotopic (exact) mass is 430 g/mol. The number of rotatable bonds is 9. The van der Waals surface area contributed by atoms with Crippen molar-refractivity contribution >= 4 is 33.3 Å². The molecule has 2 aromatic carbocycles. The van der Waals surface area contributed by atoms with Gasteiger partial charge >= 0.3 is 0 Å². The van der Waals surface area contributed by atoms with Crippen molar-refractivity contribution in [2.24, 2.45) is 0 Å². The number of benzene rings is 2. The Balaban J connectivity index is 1.79. The molecule has 0 amide bonds. The lowest BCUT2D eigenvalue weighted by molar-refractivity contribution is 0.102. The minimum absolute atomic E-state index is 0.00449. The van der Waals surface area contributed by atoms with E-state index < -0.39 is 10.0 Å². The van der Waals surface area contributed by atoms with Crippen molar-refractivity contribution < 1.29 is 13.2 Å². The lowest BCUT2D eigenvalue weighted by Gasteiger charge is -2.22. The van der Waals surface area contributed by atoms with Gasteiger partial charge in [-0.2, -0.15) is 0 Å². The van der Waals surface area contributed by atoms with Crippen molar-refractivity contribution in [2.75, 3.05) is 16.3 Å². The third-order valence-electron chi connectivity index (χ3n) is 4.27. The summed E-state index contributed by atoms with van der Waals surface area (Å²) in [4.78, 5) is 12.4. The van der Waals surface area contributed by atoms with E-state index in [9.17, 15) is 13.2 Å². The van der Waals surface area contributed by atoms with Gasteiger partial charge in [-0.05, 0) is 19.1 Å². The summed E-state index contributed by atoms with van der Waals surface area (Å²) < 4.78 is 27.8. The summed E-state index contributed by atoms with van der Waals surface area (Å²) in [7, 11) is -3.50. The van der Waals surface area contributed by atoms with Crippen LogP contribution < -0.4 is 4.31 Å². The third-order valence-corrected chi connectivity index (χ3v) is 6.37. The van der Waals surface area contributed by atoms with Crippen LogP contribution in [0.4, 0.5) is 5.69 Å². The summed E-state index contributed by atoms with van der Waals surface area (Å²) in [6.45, 7) is 2.57. The van der Waals surface area contributed by atoms with Crippen molar-refractivity contribution in [1.82, 2.24) is 14.8 Å². The second kappa shape index (κ2) is 9.23. The van der Waals surface area contributed by atoms with Gasteiger partial charge < -0.3 is 4.57 Å². The highest BCUT2D eigenvalue weighted by atomic mass is 32.2. The first-order chi connectivity index (χ1) is 13.9. The number of aromatic nitrogens is 3. The zero-order valence-electron chi connectivity index (χ0n) is 16.2. The molecule has 0 radical (unpaired) electrons. The molecule has 0 aliphatic heterocycles. The van der Waals surface area contributed by atoms with Crippen LogP contribution in [0.2, 0.25) is 0 Å². The molecule has 0 aliphatic rings. The Morgan fingerprint density at radius 3 is 2.24 bits per heavy atom. The van der Waals surface area contributed by atoms with Crippen LogP contribution in [0.5, 0.6) is 0 Å². The first-order valence-electron chi connectivity index (χ1n) is 9.06. The highest BCUT2D eigenvalue weighted by molar-refractivity contribution is 7.99. The van der Waals surface area contributed by atoms with Crippen molar-refractivity contribution in [3.63, 3.8) is 0 Å². The number of sulfonamides is 1. The Morgan fingerprint density at radius 2 is 1.66 bits per heavy atom. The van der Waals surface area contributed by atoms with Crippen molar-refractivity contribution in [3.8, 4) is 0 Å². The number of para-hydroxylation sites is 1. The van der Waals surface area contributed by atoms with Crippen LogP contribution in [-0.4, -0.2) is 41.0 Å². The molecule has 0 spiro atoms. The highest BCUT2D eigenvalue weighted by Crippen LogP contribution is 2.23. The van der Waals surface area contributed by atoms with Gasteiger partial charge in [0, 0.05) is 12.1 Å². The number of ketones is 1. The lowest BCUT2D eigenvalue weighted by Crippen LogP contribution is -2.30. The van der Waals surface area contributed by atoms with Gasteiger partial charge in [-0.15, -0.1) is 10.2 Å². The molecule has 0 atom stereocenters. The Morgan fingerprint density at radius 1 is 1.03 bits per heavy atom. The molecule has 0 N–H and O–H groups in total. The fourth-order valence-corrected chi connectivity index (χ4v) is 4.59. The molecule has 0 unspecified atom stereocenters. The molecule has 0 bridgehead atoms. The molecule has 0 aliphatic carbocycles. The lowest BCUT2D eigenvalue weighted by atomic mass is 10.2. The average molecular weight is 431 g/mol. The second-order valence-corrected chi connectivity index (χ2v) is 9.18. The number of hydrogen-bond donors (Lipinski definition) is 0. The topological polar surface area (TPSA) is 85.2 Å². The molecular weight excluding hydrogens is 408 g/mol. The third kappa shape index (κ3) is 5.24. The van der Waals surface area contributed by atoms with Crippen LogP contribution in [0.15, 0.2) is 65.8 Å². The molecular formula is C20H22N4O3S2. The highest BCUT2D eigenvalue weighted by Gasteiger charge is 2.22. The maximum absolute atomic E-state index is 12.4. The van der Waals surface area contributed by atoms with Gasteiger partial charge in [0.15, 0.2) is 16.8 Å². The van der Waals surface area contributed by atoms with E-state index in [2.05, 4.69) is 10.2 Å². The normalized spacial score (nSPS) is 11.4. The molecule has 1 heterocycles. The number of nitrogens with zero attached hydrogens (tertiary/aromatic N) is 4. The van der Waals surface area contributed by atoms with Crippen LogP contribution in [0.3, 0.4) is 0 Å². The average Bonchev–Trinajstić information content (AvgIpc) is 3.12. The molecule has 29 heavy (non-hydrogen) atoms. The van der Waals surface area contributed by atoms with Gasteiger partial charge in [0.2, 0.25) is 10.0 Å². The predicted octanol–water partition coefficient (Wildman–Crippen LogP) is 3.24. The smallest absolute Gasteiger partial charge is 0.232 e. The van der Waals surface area contributed by atoms with Gasteiger partial charge in [-0.25, -0.2) is 8.42 Å². The number of thioether (sulfide) groups is 1. The van der Waals surface area contributed by atoms with E-state index in [0.717, 1.165) is 0 Å². The summed E-state index contributed by atoms with van der Waals surface area (Å²) >= 11 is 1.30. The summed E-state index contributed by atoms with van der Waals surface area (Å²) in [6.07, 6.45) is 1.17. The molecule has 9 heteroatoms. The van der Waals surface area contributed by atoms with E-state index in [1.165, 1.54) is 22.3 Å². The minimum Gasteiger partial charge on any atom is -0.305 e. The Bertz CT molecular complexity index is 1070. The first kappa shape index (κ1) is 21.1. The van der Waals surface area contributed by atoms with E-state index in [1.54, 1.807) is 36.4 Å². The first-order valence-corrected chi connectivity index (χ1v) is 11.9. The van der Waals surface area contributed by atoms with Gasteiger partial charge in [0.25, 0.3) is 0 Å². The minimum atomic E-state index is -3.50. The summed E-state index contributed by atoms with van der Waals surface area (Å²) in [6, 6.07) is 18.0. The van der Waals surface area contributed by atoms with Crippen molar-refractivity contribution in [3.05, 3.63) is 72.1 Å². The molecule has 3 aromatic rings. The Hall–Kier alpha value is -2.65. The van der Waals surface area contributed by atoms with Crippen LogP contribution in [0.25, 0.3) is 0 Å². The molecule has 1 aromatic heterocycles. The summed E-state index contributed by atoms with van der Waals surface area (Å²) in [5, 5.41) is 8.97. The fourth-order valence-electron chi connectivity index (χ4n) is 2.82. The quantitative estimate of drug-likeness (QED) is 0.383. The largest absolute Gasteiger partial charge is 0.305 e. The summed E-state index contributed by atoms with van der Waals surface area (Å²) in [5.41, 5.74) is 1.21. The van der Waals surface area contributed by atoms with Gasteiger partial charge in [0.05, 0.1) is 24.2 Å². The summed E-state index contributed by atoms with van der Waals surface area (Å²) in [5.74, 6) is 0.762. The number of Topliss-reactive ketones (excluding diaryl/α,β-unsaturated/α-hetero) is 1. The number of carbonyl (C=O) groups excluding carboxylic acids is 1. The Labute approximate surface area is 174 Å². The Kier molecular flexibility index (Phi) is 6.71. The van der Waals surface area contributed by atoms with Gasteiger partial charge in [-0.3, -0.25) is 9.10 Å². The molecule has 152 valence electrons. The van der Waals surface area contributed by atoms with Crippen LogP contribution in [0, 0.1) is 0 Å². The number of hydrogen-bond acceptors (Lipinski definition) is 6. The molecule has 7 nitrogen and oxygen atoms in total. The molecule has 0 saturated carbocycles. The van der Waals surface area contributed by atoms with Gasteiger partial charge in [-0.1, -0.05) is 60.3 Å². The maximum Gasteiger partial charge on any atom is 0.232 e.